The van der Waals surface area contributed by atoms with Gasteiger partial charge in [0.05, 0.1) is 11.7 Å². The number of rotatable bonds is 5. The molecule has 1 aromatic heterocycles. The van der Waals surface area contributed by atoms with Crippen molar-refractivity contribution in [2.45, 2.75) is 6.10 Å². The van der Waals surface area contributed by atoms with Gasteiger partial charge in [-0.2, -0.15) is 0 Å². The molecule has 0 spiro atoms. The zero-order chi connectivity index (χ0) is 12.1. The highest BCUT2D eigenvalue weighted by atomic mass is 32.1. The Morgan fingerprint density at radius 1 is 1.69 bits per heavy atom. The van der Waals surface area contributed by atoms with Crippen molar-refractivity contribution in [3.05, 3.63) is 17.7 Å². The quantitative estimate of drug-likeness (QED) is 0.496. The number of carboxylic acids is 1. The van der Waals surface area contributed by atoms with Gasteiger partial charge in [-0.3, -0.25) is 4.79 Å². The van der Waals surface area contributed by atoms with Gasteiger partial charge in [0.15, 0.2) is 11.4 Å². The normalized spacial score (nSPS) is 11.8. The average molecular weight is 242 g/mol. The molecule has 1 rings (SSSR count). The first kappa shape index (κ1) is 12.3. The molecule has 0 aromatic carbocycles. The number of carboxylic acid groups (broad SMARTS) is 1. The highest BCUT2D eigenvalue weighted by Gasteiger charge is 2.19. The summed E-state index contributed by atoms with van der Waals surface area (Å²) < 4.78 is 0. The van der Waals surface area contributed by atoms with Crippen LogP contribution in [0.4, 0.5) is 0 Å². The van der Waals surface area contributed by atoms with Crippen LogP contribution in [0.3, 0.4) is 0 Å². The van der Waals surface area contributed by atoms with Crippen molar-refractivity contribution >= 4 is 29.5 Å². The zero-order valence-electron chi connectivity index (χ0n) is 7.93. The number of aliphatic hydroxyl groups excluding tert-OH is 1. The molecule has 1 aromatic rings. The Balaban J connectivity index is 2.69. The molecule has 0 bridgehead atoms. The number of aromatic nitrogens is 2. The van der Waals surface area contributed by atoms with Crippen LogP contribution in [0.5, 0.6) is 0 Å². The van der Waals surface area contributed by atoms with Gasteiger partial charge in [-0.1, -0.05) is 12.2 Å². The number of carbonyl (C=O) groups excluding carboxylic acids is 1. The lowest BCUT2D eigenvalue weighted by Gasteiger charge is -2.05. The van der Waals surface area contributed by atoms with Crippen molar-refractivity contribution in [3.63, 3.8) is 0 Å². The number of aliphatic hydroxyl groups is 1. The number of thiocarbonyl (C=S) groups is 1. The number of amides is 1. The summed E-state index contributed by atoms with van der Waals surface area (Å²) >= 11 is 4.33. The molecule has 0 saturated heterocycles. The lowest BCUT2D eigenvalue weighted by molar-refractivity contribution is 0.0684. The Bertz CT molecular complexity index is 417. The molecule has 1 unspecified atom stereocenters. The summed E-state index contributed by atoms with van der Waals surface area (Å²) in [5, 5.41) is 22.1. The summed E-state index contributed by atoms with van der Waals surface area (Å²) in [5.74, 6) is -1.99. The topological polar surface area (TPSA) is 115 Å². The molecule has 0 aliphatic carbocycles. The van der Waals surface area contributed by atoms with E-state index in [1.165, 1.54) is 0 Å². The van der Waals surface area contributed by atoms with E-state index in [2.05, 4.69) is 32.9 Å². The first-order valence-corrected chi connectivity index (χ1v) is 4.57. The number of aromatic amines is 1. The molecule has 1 atom stereocenters. The van der Waals surface area contributed by atoms with Crippen LogP contribution >= 0.6 is 12.2 Å². The van der Waals surface area contributed by atoms with Crippen LogP contribution in [0, 0.1) is 0 Å². The first-order valence-electron chi connectivity index (χ1n) is 4.17. The molecule has 8 heteroatoms. The smallest absolute Gasteiger partial charge is 0.354 e. The molecule has 0 saturated carbocycles. The first-order chi connectivity index (χ1) is 7.56. The third kappa shape index (κ3) is 2.84. The van der Waals surface area contributed by atoms with Gasteiger partial charge in [0.2, 0.25) is 0 Å². The Morgan fingerprint density at radius 2 is 2.38 bits per heavy atom. The van der Waals surface area contributed by atoms with Crippen LogP contribution in [0.2, 0.25) is 0 Å². The molecule has 1 radical (unpaired) electrons. The molecule has 85 valence electrons. The molecule has 0 aliphatic rings. The molecule has 1 heterocycles. The Morgan fingerprint density at radius 3 is 2.94 bits per heavy atom. The number of nitrogens with one attached hydrogen (secondary N) is 2. The molecule has 7 nitrogen and oxygen atoms in total. The molecule has 0 fully saturated rings. The molecular formula is C8H8N3O4S. The van der Waals surface area contributed by atoms with Gasteiger partial charge in [0, 0.05) is 6.54 Å². The maximum Gasteiger partial charge on any atom is 0.354 e. The Hall–Kier alpha value is -1.80. The molecule has 1 amide bonds. The maximum absolute atomic E-state index is 11.4. The number of hydrogen-bond acceptors (Lipinski definition) is 5. The molecule has 4 N–H and O–H groups in total. The lowest BCUT2D eigenvalue weighted by Crippen LogP contribution is -2.33. The fraction of sp³-hybridized carbons (Fsp3) is 0.250. The van der Waals surface area contributed by atoms with Crippen molar-refractivity contribution in [1.82, 2.24) is 15.3 Å². The van der Waals surface area contributed by atoms with Crippen molar-refractivity contribution in [2.24, 2.45) is 0 Å². The average Bonchev–Trinajstić information content (AvgIpc) is 2.74. The number of nitrogens with zero attached hydrogens (tertiary/aromatic N) is 1. The SMILES string of the molecule is O=C(NCC(O)[C]=S)c1nc[nH]c1C(=O)O. The van der Waals surface area contributed by atoms with Gasteiger partial charge in [-0.25, -0.2) is 9.78 Å². The van der Waals surface area contributed by atoms with Crippen molar-refractivity contribution < 1.29 is 19.8 Å². The third-order valence-electron chi connectivity index (χ3n) is 1.66. The van der Waals surface area contributed by atoms with E-state index in [0.717, 1.165) is 6.33 Å². The fourth-order valence-corrected chi connectivity index (χ4v) is 1.03. The van der Waals surface area contributed by atoms with Crippen LogP contribution in [-0.4, -0.2) is 50.1 Å². The van der Waals surface area contributed by atoms with Crippen LogP contribution in [0.1, 0.15) is 21.0 Å². The summed E-state index contributed by atoms with van der Waals surface area (Å²) in [6.07, 6.45) is 0.0197. The van der Waals surface area contributed by atoms with E-state index in [0.29, 0.717) is 0 Å². The lowest BCUT2D eigenvalue weighted by atomic mass is 10.3. The van der Waals surface area contributed by atoms with Crippen LogP contribution in [0.25, 0.3) is 0 Å². The van der Waals surface area contributed by atoms with Crippen LogP contribution < -0.4 is 5.32 Å². The summed E-state index contributed by atoms with van der Waals surface area (Å²) in [7, 11) is 0. The van der Waals surface area contributed by atoms with E-state index >= 15 is 0 Å². The summed E-state index contributed by atoms with van der Waals surface area (Å²) in [5.41, 5.74) is -0.553. The minimum absolute atomic E-state index is 0.145. The highest BCUT2D eigenvalue weighted by Crippen LogP contribution is 2.02. The van der Waals surface area contributed by atoms with E-state index in [-0.39, 0.29) is 17.9 Å². The predicted octanol–water partition coefficient (Wildman–Crippen LogP) is -0.925. The predicted molar refractivity (Wildman–Crippen MR) is 56.5 cm³/mol. The van der Waals surface area contributed by atoms with Crippen molar-refractivity contribution in [1.29, 1.82) is 0 Å². The van der Waals surface area contributed by atoms with Gasteiger partial charge in [-0.15, -0.1) is 0 Å². The summed E-state index contributed by atoms with van der Waals surface area (Å²) in [6, 6.07) is 0. The van der Waals surface area contributed by atoms with E-state index in [1.807, 2.05) is 0 Å². The van der Waals surface area contributed by atoms with Crippen molar-refractivity contribution in [3.8, 4) is 0 Å². The maximum atomic E-state index is 11.4. The number of H-pyrrole nitrogens is 1. The van der Waals surface area contributed by atoms with E-state index in [4.69, 9.17) is 10.2 Å². The van der Waals surface area contributed by atoms with Crippen molar-refractivity contribution in [2.75, 3.05) is 6.54 Å². The van der Waals surface area contributed by atoms with Gasteiger partial charge in [0.1, 0.15) is 6.10 Å². The second kappa shape index (κ2) is 5.33. The minimum Gasteiger partial charge on any atom is -0.477 e. The van der Waals surface area contributed by atoms with Crippen LogP contribution in [0.15, 0.2) is 6.33 Å². The summed E-state index contributed by atoms with van der Waals surface area (Å²) in [6.45, 7) is -0.145. The van der Waals surface area contributed by atoms with Gasteiger partial charge in [0.25, 0.3) is 5.91 Å². The Labute approximate surface area is 95.5 Å². The molecule has 16 heavy (non-hydrogen) atoms. The number of imidazole rings is 1. The summed E-state index contributed by atoms with van der Waals surface area (Å²) in [4.78, 5) is 28.0. The third-order valence-corrected chi connectivity index (χ3v) is 1.93. The number of carbonyl (C=O) groups is 2. The van der Waals surface area contributed by atoms with Crippen LogP contribution in [-0.2, 0) is 0 Å². The number of aromatic carboxylic acids is 1. The second-order valence-corrected chi connectivity index (χ2v) is 3.01. The van der Waals surface area contributed by atoms with Gasteiger partial charge in [-0.05, 0) is 0 Å². The number of hydrogen-bond donors (Lipinski definition) is 4. The molecule has 0 aliphatic heterocycles. The monoisotopic (exact) mass is 242 g/mol. The van der Waals surface area contributed by atoms with Gasteiger partial charge >= 0.3 is 5.97 Å². The standard InChI is InChI=1S/C8H8N3O4S/c12-4(2-16)1-9-7(13)5-6(8(14)15)11-3-10-5/h3-4,12H,1H2,(H,9,13)(H,10,11)(H,14,15). The fourth-order valence-electron chi connectivity index (χ4n) is 0.944. The van der Waals surface area contributed by atoms with Gasteiger partial charge < -0.3 is 20.5 Å². The zero-order valence-corrected chi connectivity index (χ0v) is 8.74. The minimum atomic E-state index is -1.29. The Kier molecular flexibility index (Phi) is 4.09. The van der Waals surface area contributed by atoms with E-state index in [9.17, 15) is 9.59 Å². The van der Waals surface area contributed by atoms with E-state index < -0.39 is 18.0 Å². The second-order valence-electron chi connectivity index (χ2n) is 2.77. The highest BCUT2D eigenvalue weighted by molar-refractivity contribution is 7.79. The largest absolute Gasteiger partial charge is 0.477 e. The van der Waals surface area contributed by atoms with E-state index in [1.54, 1.807) is 0 Å². The molecular weight excluding hydrogens is 234 g/mol.